The van der Waals surface area contributed by atoms with Crippen molar-refractivity contribution < 1.29 is 4.79 Å². The maximum atomic E-state index is 12.1. The Labute approximate surface area is 132 Å². The third kappa shape index (κ3) is 5.71. The van der Waals surface area contributed by atoms with Crippen LogP contribution < -0.4 is 11.1 Å². The molecule has 0 bridgehead atoms. The van der Waals surface area contributed by atoms with Crippen LogP contribution in [-0.2, 0) is 4.79 Å². The summed E-state index contributed by atoms with van der Waals surface area (Å²) < 4.78 is 0. The van der Waals surface area contributed by atoms with Gasteiger partial charge < -0.3 is 11.1 Å². The minimum Gasteiger partial charge on any atom is -0.326 e. The van der Waals surface area contributed by atoms with E-state index in [-0.39, 0.29) is 11.4 Å². The smallest absolute Gasteiger partial charge is 0.224 e. The number of nitrogens with two attached hydrogens (primary N) is 1. The third-order valence-corrected chi connectivity index (χ3v) is 5.17. The van der Waals surface area contributed by atoms with Gasteiger partial charge in [0.05, 0.1) is 5.69 Å². The van der Waals surface area contributed by atoms with Gasteiger partial charge in [-0.15, -0.1) is 11.8 Å². The van der Waals surface area contributed by atoms with E-state index in [0.717, 1.165) is 5.69 Å². The molecule has 0 saturated heterocycles. The molecule has 3 N–H and O–H groups in total. The lowest BCUT2D eigenvalue weighted by molar-refractivity contribution is -0.116. The van der Waals surface area contributed by atoms with Crippen LogP contribution in [0.5, 0.6) is 0 Å². The maximum absolute atomic E-state index is 12.1. The molecule has 0 unspecified atom stereocenters. The fourth-order valence-electron chi connectivity index (χ4n) is 2.51. The molecule has 2 rings (SSSR count). The highest BCUT2D eigenvalue weighted by atomic mass is 32.2. The van der Waals surface area contributed by atoms with Gasteiger partial charge in [-0.05, 0) is 45.2 Å². The summed E-state index contributed by atoms with van der Waals surface area (Å²) in [6, 6.07) is 8.10. The van der Waals surface area contributed by atoms with Gasteiger partial charge in [-0.1, -0.05) is 25.0 Å². The molecule has 0 radical (unpaired) electrons. The van der Waals surface area contributed by atoms with Crippen molar-refractivity contribution in [1.29, 1.82) is 0 Å². The van der Waals surface area contributed by atoms with E-state index >= 15 is 0 Å². The number of nitrogens with one attached hydrogen (secondary N) is 1. The molecule has 0 heterocycles. The molecule has 1 aromatic carbocycles. The predicted octanol–water partition coefficient (Wildman–Crippen LogP) is 4.18. The number of thioether (sulfide) groups is 1. The number of hydrogen-bond acceptors (Lipinski definition) is 3. The molecule has 1 fully saturated rings. The zero-order valence-corrected chi connectivity index (χ0v) is 13.8. The van der Waals surface area contributed by atoms with E-state index in [0.29, 0.717) is 18.1 Å². The van der Waals surface area contributed by atoms with E-state index in [2.05, 4.69) is 11.4 Å². The highest BCUT2D eigenvalue weighted by Crippen LogP contribution is 2.38. The zero-order valence-electron chi connectivity index (χ0n) is 13.0. The lowest BCUT2D eigenvalue weighted by atomic mass is 10.00. The number of benzene rings is 1. The molecule has 1 aliphatic carbocycles. The first kappa shape index (κ1) is 16.4. The van der Waals surface area contributed by atoms with Crippen LogP contribution >= 0.6 is 11.8 Å². The van der Waals surface area contributed by atoms with Crippen molar-refractivity contribution in [1.82, 2.24) is 0 Å². The van der Waals surface area contributed by atoms with E-state index < -0.39 is 0 Å². The standard InChI is InChI=1S/C17H26N2OS/c1-17(2,18)12-11-16(20)19-14-9-5-6-10-15(14)21-13-7-3-4-8-13/h5-6,9-10,13H,3-4,7-8,11-12,18H2,1-2H3,(H,19,20). The van der Waals surface area contributed by atoms with Crippen molar-refractivity contribution in [3.63, 3.8) is 0 Å². The number of para-hydroxylation sites is 1. The molecular weight excluding hydrogens is 280 g/mol. The summed E-state index contributed by atoms with van der Waals surface area (Å²) in [6.45, 7) is 3.90. The highest BCUT2D eigenvalue weighted by molar-refractivity contribution is 8.00. The Kier molecular flexibility index (Phi) is 5.71. The maximum Gasteiger partial charge on any atom is 0.224 e. The van der Waals surface area contributed by atoms with E-state index in [1.807, 2.05) is 43.8 Å². The summed E-state index contributed by atoms with van der Waals surface area (Å²) in [4.78, 5) is 13.3. The van der Waals surface area contributed by atoms with Crippen LogP contribution in [0.25, 0.3) is 0 Å². The molecule has 1 saturated carbocycles. The number of carbonyl (C=O) groups excluding carboxylic acids is 1. The lowest BCUT2D eigenvalue weighted by Crippen LogP contribution is -2.33. The van der Waals surface area contributed by atoms with Gasteiger partial charge in [0.25, 0.3) is 0 Å². The van der Waals surface area contributed by atoms with Crippen molar-refractivity contribution in [2.45, 2.75) is 68.1 Å². The van der Waals surface area contributed by atoms with Crippen LogP contribution in [0.3, 0.4) is 0 Å². The van der Waals surface area contributed by atoms with Gasteiger partial charge in [-0.2, -0.15) is 0 Å². The summed E-state index contributed by atoms with van der Waals surface area (Å²) in [5, 5.41) is 3.74. The number of carbonyl (C=O) groups is 1. The molecule has 0 atom stereocenters. The topological polar surface area (TPSA) is 55.1 Å². The number of rotatable bonds is 6. The van der Waals surface area contributed by atoms with Gasteiger partial charge in [0.2, 0.25) is 5.91 Å². The monoisotopic (exact) mass is 306 g/mol. The van der Waals surface area contributed by atoms with Crippen molar-refractivity contribution in [3.8, 4) is 0 Å². The third-order valence-electron chi connectivity index (χ3n) is 3.75. The van der Waals surface area contributed by atoms with E-state index in [4.69, 9.17) is 5.73 Å². The Bertz CT molecular complexity index is 476. The molecule has 1 amide bonds. The van der Waals surface area contributed by atoms with Gasteiger partial charge in [0, 0.05) is 22.1 Å². The summed E-state index contributed by atoms with van der Waals surface area (Å²) >= 11 is 1.90. The second-order valence-corrected chi connectivity index (χ2v) is 7.90. The summed E-state index contributed by atoms with van der Waals surface area (Å²) in [6.07, 6.45) is 6.39. The Balaban J connectivity index is 1.94. The van der Waals surface area contributed by atoms with Crippen LogP contribution in [0.4, 0.5) is 5.69 Å². The van der Waals surface area contributed by atoms with Crippen LogP contribution in [0.2, 0.25) is 0 Å². The summed E-state index contributed by atoms with van der Waals surface area (Å²) in [5.74, 6) is 0.0491. The zero-order chi connectivity index (χ0) is 15.3. The SMILES string of the molecule is CC(C)(N)CCC(=O)Nc1ccccc1SC1CCCC1. The Morgan fingerprint density at radius 3 is 2.67 bits per heavy atom. The minimum absolute atomic E-state index is 0.0491. The molecular formula is C17H26N2OS. The normalized spacial score (nSPS) is 16.1. The average molecular weight is 306 g/mol. The van der Waals surface area contributed by atoms with Crippen LogP contribution in [-0.4, -0.2) is 16.7 Å². The largest absolute Gasteiger partial charge is 0.326 e. The number of hydrogen-bond donors (Lipinski definition) is 2. The molecule has 0 aliphatic heterocycles. The number of amides is 1. The molecule has 4 heteroatoms. The van der Waals surface area contributed by atoms with E-state index in [1.54, 1.807) is 0 Å². The molecule has 1 aliphatic rings. The fourth-order valence-corrected chi connectivity index (χ4v) is 3.84. The Hall–Kier alpha value is -1.00. The van der Waals surface area contributed by atoms with Crippen LogP contribution in [0.1, 0.15) is 52.4 Å². The van der Waals surface area contributed by atoms with Gasteiger partial charge >= 0.3 is 0 Å². The average Bonchev–Trinajstić information content (AvgIpc) is 2.91. The van der Waals surface area contributed by atoms with E-state index in [9.17, 15) is 4.79 Å². The minimum atomic E-state index is -0.296. The van der Waals surface area contributed by atoms with Gasteiger partial charge in [-0.25, -0.2) is 0 Å². The van der Waals surface area contributed by atoms with Gasteiger partial charge in [0.15, 0.2) is 0 Å². The number of anilines is 1. The summed E-state index contributed by atoms with van der Waals surface area (Å²) in [5.41, 5.74) is 6.57. The highest BCUT2D eigenvalue weighted by Gasteiger charge is 2.18. The molecule has 0 spiro atoms. The van der Waals surface area contributed by atoms with Crippen molar-refractivity contribution >= 4 is 23.4 Å². The molecule has 3 nitrogen and oxygen atoms in total. The first-order valence-electron chi connectivity index (χ1n) is 7.78. The molecule has 0 aromatic heterocycles. The van der Waals surface area contributed by atoms with Crippen LogP contribution in [0, 0.1) is 0 Å². The Morgan fingerprint density at radius 2 is 2.00 bits per heavy atom. The summed E-state index contributed by atoms with van der Waals surface area (Å²) in [7, 11) is 0. The van der Waals surface area contributed by atoms with Crippen LogP contribution in [0.15, 0.2) is 29.2 Å². The second-order valence-electron chi connectivity index (χ2n) is 6.56. The Morgan fingerprint density at radius 1 is 1.33 bits per heavy atom. The van der Waals surface area contributed by atoms with Gasteiger partial charge in [-0.3, -0.25) is 4.79 Å². The van der Waals surface area contributed by atoms with E-state index in [1.165, 1.54) is 30.6 Å². The first-order chi connectivity index (χ1) is 9.94. The second kappa shape index (κ2) is 7.32. The molecule has 21 heavy (non-hydrogen) atoms. The van der Waals surface area contributed by atoms with Gasteiger partial charge in [0.1, 0.15) is 0 Å². The first-order valence-corrected chi connectivity index (χ1v) is 8.66. The fraction of sp³-hybridized carbons (Fsp3) is 0.588. The molecule has 116 valence electrons. The molecule has 1 aromatic rings. The quantitative estimate of drug-likeness (QED) is 0.829. The van der Waals surface area contributed by atoms with Crippen molar-refractivity contribution in [3.05, 3.63) is 24.3 Å². The van der Waals surface area contributed by atoms with Crippen molar-refractivity contribution in [2.24, 2.45) is 5.73 Å². The van der Waals surface area contributed by atoms with Crippen molar-refractivity contribution in [2.75, 3.05) is 5.32 Å². The lowest BCUT2D eigenvalue weighted by Gasteiger charge is -2.18. The predicted molar refractivity (Wildman–Crippen MR) is 90.7 cm³/mol.